The number of hydrogen-bond acceptors (Lipinski definition) is 7. The van der Waals surface area contributed by atoms with E-state index in [-0.39, 0.29) is 17.7 Å². The summed E-state index contributed by atoms with van der Waals surface area (Å²) in [5, 5.41) is 14.0. The van der Waals surface area contributed by atoms with Crippen molar-refractivity contribution < 1.29 is 23.9 Å². The number of benzene rings is 1. The van der Waals surface area contributed by atoms with E-state index in [0.29, 0.717) is 75.7 Å². The first-order chi connectivity index (χ1) is 17.4. The zero-order chi connectivity index (χ0) is 25.5. The third-order valence-corrected chi connectivity index (χ3v) is 6.27. The van der Waals surface area contributed by atoms with E-state index < -0.39 is 12.1 Å². The van der Waals surface area contributed by atoms with Gasteiger partial charge in [-0.3, -0.25) is 19.1 Å². The Hall–Kier alpha value is -3.47. The molecule has 0 aliphatic carbocycles. The van der Waals surface area contributed by atoms with Crippen LogP contribution in [0.15, 0.2) is 24.4 Å². The van der Waals surface area contributed by atoms with E-state index in [0.717, 1.165) is 12.0 Å². The number of hydrogen-bond donors (Lipinski definition) is 2. The predicted molar refractivity (Wildman–Crippen MR) is 130 cm³/mol. The SMILES string of the molecule is Cc1ccc2c(c1)OCCCn1cc(nn1)CN(C(=O)[C@@H]1CCCO1)CCCNC(=O)[C@@H](C)NC2=O. The lowest BCUT2D eigenvalue weighted by Gasteiger charge is -2.24. The maximum atomic E-state index is 13.1. The molecule has 1 aromatic heterocycles. The molecule has 36 heavy (non-hydrogen) atoms. The van der Waals surface area contributed by atoms with Crippen molar-refractivity contribution in [1.82, 2.24) is 30.5 Å². The second-order valence-corrected chi connectivity index (χ2v) is 9.28. The molecule has 0 unspecified atom stereocenters. The Morgan fingerprint density at radius 1 is 1.14 bits per heavy atom. The molecule has 11 nitrogen and oxygen atoms in total. The van der Waals surface area contributed by atoms with E-state index in [1.807, 2.05) is 25.3 Å². The first-order valence-electron chi connectivity index (χ1n) is 12.5. The van der Waals surface area contributed by atoms with Crippen LogP contribution in [0.2, 0.25) is 0 Å². The normalized spacial score (nSPS) is 22.3. The van der Waals surface area contributed by atoms with E-state index in [4.69, 9.17) is 9.47 Å². The van der Waals surface area contributed by atoms with E-state index in [1.165, 1.54) is 0 Å². The van der Waals surface area contributed by atoms with E-state index >= 15 is 0 Å². The predicted octanol–water partition coefficient (Wildman–Crippen LogP) is 1.20. The number of carbonyl (C=O) groups excluding carboxylic acids is 3. The van der Waals surface area contributed by atoms with Crippen molar-refractivity contribution in [3.63, 3.8) is 0 Å². The van der Waals surface area contributed by atoms with Gasteiger partial charge in [-0.25, -0.2) is 0 Å². The number of rotatable bonds is 1. The lowest BCUT2D eigenvalue weighted by molar-refractivity contribution is -0.141. The molecule has 1 aromatic carbocycles. The summed E-state index contributed by atoms with van der Waals surface area (Å²) in [7, 11) is 0. The molecule has 2 N–H and O–H groups in total. The Morgan fingerprint density at radius 2 is 2.00 bits per heavy atom. The molecule has 2 aliphatic heterocycles. The second kappa shape index (κ2) is 12.0. The molecular formula is C25H34N6O5. The number of nitrogens with zero attached hydrogens (tertiary/aromatic N) is 4. The van der Waals surface area contributed by atoms with Crippen LogP contribution in [0.1, 0.15) is 54.2 Å². The molecule has 4 rings (SSSR count). The van der Waals surface area contributed by atoms with Gasteiger partial charge in [0, 0.05) is 32.7 Å². The van der Waals surface area contributed by atoms with Gasteiger partial charge >= 0.3 is 0 Å². The lowest BCUT2D eigenvalue weighted by Crippen LogP contribution is -2.45. The van der Waals surface area contributed by atoms with Crippen LogP contribution >= 0.6 is 0 Å². The van der Waals surface area contributed by atoms with E-state index in [9.17, 15) is 14.4 Å². The number of nitrogens with one attached hydrogen (secondary N) is 2. The highest BCUT2D eigenvalue weighted by Crippen LogP contribution is 2.21. The second-order valence-electron chi connectivity index (χ2n) is 9.28. The van der Waals surface area contributed by atoms with Crippen molar-refractivity contribution in [3.05, 3.63) is 41.2 Å². The molecule has 0 radical (unpaired) electrons. The van der Waals surface area contributed by atoms with Crippen LogP contribution in [0, 0.1) is 6.92 Å². The quantitative estimate of drug-likeness (QED) is 0.605. The van der Waals surface area contributed by atoms with Crippen LogP contribution in [0.3, 0.4) is 0 Å². The number of ether oxygens (including phenoxy) is 2. The van der Waals surface area contributed by atoms with E-state index in [2.05, 4.69) is 20.9 Å². The Balaban J connectivity index is 1.49. The van der Waals surface area contributed by atoms with Gasteiger partial charge in [0.25, 0.3) is 11.8 Å². The van der Waals surface area contributed by atoms with Crippen LogP contribution in [0.4, 0.5) is 0 Å². The highest BCUT2D eigenvalue weighted by atomic mass is 16.5. The maximum Gasteiger partial charge on any atom is 0.255 e. The van der Waals surface area contributed by atoms with Gasteiger partial charge in [0.2, 0.25) is 5.91 Å². The fraction of sp³-hybridized carbons (Fsp3) is 0.560. The van der Waals surface area contributed by atoms with Crippen molar-refractivity contribution in [2.45, 2.75) is 64.8 Å². The molecule has 3 heterocycles. The standard InChI is InChI=1S/C25H34N6O5/c1-17-7-8-20-22(14-17)36-13-5-11-31-16-19(28-29-31)15-30(25(34)21-6-3-12-35-21)10-4-9-26-23(32)18(2)27-24(20)33/h7-8,14,16,18,21H,3-6,9-13,15H2,1-2H3,(H,26,32)(H,27,33)/t18-,21+/m1/s1. The van der Waals surface area contributed by atoms with Crippen LogP contribution in [-0.4, -0.2) is 76.1 Å². The Morgan fingerprint density at radius 3 is 2.81 bits per heavy atom. The van der Waals surface area contributed by atoms with Gasteiger partial charge in [0.1, 0.15) is 23.6 Å². The third kappa shape index (κ3) is 6.60. The van der Waals surface area contributed by atoms with Crippen LogP contribution in [0.25, 0.3) is 0 Å². The maximum absolute atomic E-state index is 13.1. The van der Waals surface area contributed by atoms with Crippen molar-refractivity contribution in [3.8, 4) is 5.75 Å². The van der Waals surface area contributed by atoms with Crippen molar-refractivity contribution in [2.24, 2.45) is 0 Å². The number of amides is 3. The minimum absolute atomic E-state index is 0.0682. The molecule has 2 atom stereocenters. The summed E-state index contributed by atoms with van der Waals surface area (Å²) in [4.78, 5) is 40.3. The molecule has 3 amide bonds. The van der Waals surface area contributed by atoms with Crippen molar-refractivity contribution in [1.29, 1.82) is 0 Å². The average molecular weight is 499 g/mol. The average Bonchev–Trinajstić information content (AvgIpc) is 3.55. The third-order valence-electron chi connectivity index (χ3n) is 6.27. The van der Waals surface area contributed by atoms with Gasteiger partial charge in [-0.05, 0) is 50.8 Å². The van der Waals surface area contributed by atoms with Crippen LogP contribution in [0.5, 0.6) is 5.75 Å². The highest BCUT2D eigenvalue weighted by Gasteiger charge is 2.29. The van der Waals surface area contributed by atoms with Gasteiger partial charge in [-0.1, -0.05) is 11.3 Å². The van der Waals surface area contributed by atoms with Gasteiger partial charge in [-0.15, -0.1) is 5.10 Å². The van der Waals surface area contributed by atoms with Crippen molar-refractivity contribution >= 4 is 17.7 Å². The molecular weight excluding hydrogens is 464 g/mol. The van der Waals surface area contributed by atoms with Crippen molar-refractivity contribution in [2.75, 3.05) is 26.3 Å². The number of aryl methyl sites for hydroxylation is 2. The molecule has 0 spiro atoms. The van der Waals surface area contributed by atoms with Crippen LogP contribution in [-0.2, 0) is 27.4 Å². The largest absolute Gasteiger partial charge is 0.493 e. The summed E-state index contributed by atoms with van der Waals surface area (Å²) in [6.07, 6.45) is 4.17. The van der Waals surface area contributed by atoms with Gasteiger partial charge < -0.3 is 25.0 Å². The summed E-state index contributed by atoms with van der Waals surface area (Å²) >= 11 is 0. The molecule has 2 bridgehead atoms. The molecule has 11 heteroatoms. The monoisotopic (exact) mass is 498 g/mol. The Bertz CT molecular complexity index is 1080. The Kier molecular flexibility index (Phi) is 8.52. The number of fused-ring (bicyclic) bond motifs is 3. The number of aromatic nitrogens is 3. The smallest absolute Gasteiger partial charge is 0.255 e. The first kappa shape index (κ1) is 25.6. The summed E-state index contributed by atoms with van der Waals surface area (Å²) in [5.41, 5.74) is 2.03. The topological polar surface area (TPSA) is 128 Å². The lowest BCUT2D eigenvalue weighted by atomic mass is 10.1. The summed E-state index contributed by atoms with van der Waals surface area (Å²) in [5.74, 6) is -0.266. The number of carbonyl (C=O) groups is 3. The Labute approximate surface area is 210 Å². The summed E-state index contributed by atoms with van der Waals surface area (Å²) in [6, 6.07) is 4.63. The molecule has 1 saturated heterocycles. The van der Waals surface area contributed by atoms with Crippen LogP contribution < -0.4 is 15.4 Å². The fourth-order valence-electron chi connectivity index (χ4n) is 4.28. The zero-order valence-electron chi connectivity index (χ0n) is 20.9. The zero-order valence-corrected chi connectivity index (χ0v) is 20.9. The molecule has 0 saturated carbocycles. The minimum Gasteiger partial charge on any atom is -0.493 e. The summed E-state index contributed by atoms with van der Waals surface area (Å²) < 4.78 is 13.3. The minimum atomic E-state index is -0.729. The van der Waals surface area contributed by atoms with Gasteiger partial charge in [-0.2, -0.15) is 0 Å². The molecule has 194 valence electrons. The van der Waals surface area contributed by atoms with Gasteiger partial charge in [0.05, 0.1) is 24.9 Å². The summed E-state index contributed by atoms with van der Waals surface area (Å²) in [6.45, 7) is 6.23. The first-order valence-corrected chi connectivity index (χ1v) is 12.5. The fourth-order valence-corrected chi connectivity index (χ4v) is 4.28. The van der Waals surface area contributed by atoms with Gasteiger partial charge in [0.15, 0.2) is 0 Å². The van der Waals surface area contributed by atoms with E-state index in [1.54, 1.807) is 22.6 Å². The molecule has 2 aliphatic rings. The molecule has 2 aromatic rings. The highest BCUT2D eigenvalue weighted by molar-refractivity contribution is 5.99. The molecule has 1 fully saturated rings.